The fraction of sp³-hybridized carbons (Fsp3) is 0.167. The van der Waals surface area contributed by atoms with Gasteiger partial charge in [-0.1, -0.05) is 36.4 Å². The van der Waals surface area contributed by atoms with Crippen molar-refractivity contribution < 1.29 is 9.72 Å². The van der Waals surface area contributed by atoms with Crippen molar-refractivity contribution in [3.05, 3.63) is 81.4 Å². The zero-order chi connectivity index (χ0) is 16.2. The molecule has 3 rings (SSSR count). The van der Waals surface area contributed by atoms with Gasteiger partial charge in [0.05, 0.1) is 4.92 Å². The van der Waals surface area contributed by atoms with Crippen LogP contribution in [0.3, 0.4) is 0 Å². The molecule has 1 amide bonds. The molecule has 1 aliphatic heterocycles. The Balaban J connectivity index is 1.70. The molecule has 0 saturated carbocycles. The van der Waals surface area contributed by atoms with Crippen LogP contribution in [0.1, 0.15) is 16.7 Å². The molecule has 116 valence electrons. The molecule has 0 saturated heterocycles. The maximum absolute atomic E-state index is 12.3. The lowest BCUT2D eigenvalue weighted by Gasteiger charge is -2.27. The van der Waals surface area contributed by atoms with Gasteiger partial charge in [-0.25, -0.2) is 0 Å². The van der Waals surface area contributed by atoms with E-state index < -0.39 is 4.92 Å². The molecule has 5 heteroatoms. The van der Waals surface area contributed by atoms with Crippen LogP contribution < -0.4 is 0 Å². The van der Waals surface area contributed by atoms with E-state index in [0.717, 1.165) is 6.42 Å². The van der Waals surface area contributed by atoms with E-state index in [1.165, 1.54) is 29.3 Å². The number of benzene rings is 2. The van der Waals surface area contributed by atoms with Crippen molar-refractivity contribution in [1.29, 1.82) is 0 Å². The molecule has 0 N–H and O–H groups in total. The number of carbonyl (C=O) groups excluding carboxylic acids is 1. The van der Waals surface area contributed by atoms with Crippen LogP contribution in [0.5, 0.6) is 0 Å². The van der Waals surface area contributed by atoms with Gasteiger partial charge < -0.3 is 4.90 Å². The van der Waals surface area contributed by atoms with E-state index in [9.17, 15) is 14.9 Å². The molecule has 0 atom stereocenters. The molecule has 2 aromatic rings. The van der Waals surface area contributed by atoms with E-state index in [-0.39, 0.29) is 11.6 Å². The first-order valence-corrected chi connectivity index (χ1v) is 7.42. The Kier molecular flexibility index (Phi) is 4.19. The summed E-state index contributed by atoms with van der Waals surface area (Å²) in [6, 6.07) is 14.4. The van der Waals surface area contributed by atoms with E-state index in [1.54, 1.807) is 23.1 Å². The summed E-state index contributed by atoms with van der Waals surface area (Å²) in [6.07, 6.45) is 3.95. The Hall–Kier alpha value is -2.95. The first kappa shape index (κ1) is 15.0. The van der Waals surface area contributed by atoms with E-state index in [4.69, 9.17) is 0 Å². The summed E-state index contributed by atoms with van der Waals surface area (Å²) in [7, 11) is 0. The number of fused-ring (bicyclic) bond motifs is 1. The summed E-state index contributed by atoms with van der Waals surface area (Å²) in [4.78, 5) is 24.4. The molecule has 0 unspecified atom stereocenters. The second kappa shape index (κ2) is 6.44. The zero-order valence-corrected chi connectivity index (χ0v) is 12.5. The Labute approximate surface area is 134 Å². The Morgan fingerprint density at radius 2 is 1.91 bits per heavy atom. The van der Waals surface area contributed by atoms with Gasteiger partial charge in [0.25, 0.3) is 5.69 Å². The molecular formula is C18H16N2O3. The topological polar surface area (TPSA) is 63.4 Å². The van der Waals surface area contributed by atoms with Crippen LogP contribution in [-0.4, -0.2) is 22.3 Å². The molecule has 0 aromatic heterocycles. The van der Waals surface area contributed by atoms with Crippen molar-refractivity contribution in [2.45, 2.75) is 13.0 Å². The first-order valence-electron chi connectivity index (χ1n) is 7.42. The minimum atomic E-state index is -0.444. The third-order valence-electron chi connectivity index (χ3n) is 3.94. The SMILES string of the molecule is O=C(/C=C/c1cccc([N+](=O)[O-])c1)N1CCc2ccccc2C1. The van der Waals surface area contributed by atoms with Gasteiger partial charge in [0.2, 0.25) is 5.91 Å². The molecule has 0 spiro atoms. The van der Waals surface area contributed by atoms with Crippen molar-refractivity contribution in [1.82, 2.24) is 4.90 Å². The number of amides is 1. The Morgan fingerprint density at radius 1 is 1.13 bits per heavy atom. The van der Waals surface area contributed by atoms with Crippen molar-refractivity contribution in [2.75, 3.05) is 6.54 Å². The average molecular weight is 308 g/mol. The number of carbonyl (C=O) groups is 1. The van der Waals surface area contributed by atoms with Gasteiger partial charge in [0, 0.05) is 31.3 Å². The number of nitro benzene ring substituents is 1. The molecule has 0 fully saturated rings. The van der Waals surface area contributed by atoms with Crippen LogP contribution >= 0.6 is 0 Å². The van der Waals surface area contributed by atoms with Crippen LogP contribution in [0.2, 0.25) is 0 Å². The number of hydrogen-bond acceptors (Lipinski definition) is 3. The fourth-order valence-corrected chi connectivity index (χ4v) is 2.70. The first-order chi connectivity index (χ1) is 11.1. The lowest BCUT2D eigenvalue weighted by Crippen LogP contribution is -2.34. The number of non-ortho nitro benzene ring substituents is 1. The minimum Gasteiger partial charge on any atom is -0.334 e. The van der Waals surface area contributed by atoms with E-state index >= 15 is 0 Å². The van der Waals surface area contributed by atoms with E-state index in [2.05, 4.69) is 6.07 Å². The van der Waals surface area contributed by atoms with E-state index in [1.807, 2.05) is 18.2 Å². The summed E-state index contributed by atoms with van der Waals surface area (Å²) in [5.74, 6) is -0.0778. The third-order valence-corrected chi connectivity index (χ3v) is 3.94. The molecule has 1 aliphatic rings. The van der Waals surface area contributed by atoms with Gasteiger partial charge in [0.1, 0.15) is 0 Å². The molecule has 5 nitrogen and oxygen atoms in total. The summed E-state index contributed by atoms with van der Waals surface area (Å²) >= 11 is 0. The third kappa shape index (κ3) is 3.45. The average Bonchev–Trinajstić information content (AvgIpc) is 2.59. The highest BCUT2D eigenvalue weighted by Gasteiger charge is 2.18. The van der Waals surface area contributed by atoms with Gasteiger partial charge in [-0.15, -0.1) is 0 Å². The standard InChI is InChI=1S/C18H16N2O3/c21-18(9-8-14-4-3-7-17(12-14)20(22)23)19-11-10-15-5-1-2-6-16(15)13-19/h1-9,12H,10-11,13H2/b9-8+. The summed E-state index contributed by atoms with van der Waals surface area (Å²) < 4.78 is 0. The normalized spacial score (nSPS) is 13.8. The predicted molar refractivity (Wildman–Crippen MR) is 87.7 cm³/mol. The second-order valence-electron chi connectivity index (χ2n) is 5.46. The molecule has 23 heavy (non-hydrogen) atoms. The van der Waals surface area contributed by atoms with Crippen molar-refractivity contribution in [3.8, 4) is 0 Å². The fourth-order valence-electron chi connectivity index (χ4n) is 2.70. The van der Waals surface area contributed by atoms with Gasteiger partial charge >= 0.3 is 0 Å². The predicted octanol–water partition coefficient (Wildman–Crippen LogP) is 3.19. The highest BCUT2D eigenvalue weighted by molar-refractivity contribution is 5.92. The molecule has 0 bridgehead atoms. The van der Waals surface area contributed by atoms with Gasteiger partial charge in [-0.3, -0.25) is 14.9 Å². The van der Waals surface area contributed by atoms with Crippen molar-refractivity contribution in [3.63, 3.8) is 0 Å². The summed E-state index contributed by atoms with van der Waals surface area (Å²) in [6.45, 7) is 1.30. The zero-order valence-electron chi connectivity index (χ0n) is 12.5. The van der Waals surface area contributed by atoms with Crippen LogP contribution in [0, 0.1) is 10.1 Å². The Bertz CT molecular complexity index is 783. The monoisotopic (exact) mass is 308 g/mol. The van der Waals surface area contributed by atoms with Gasteiger partial charge in [0.15, 0.2) is 0 Å². The quantitative estimate of drug-likeness (QED) is 0.497. The van der Waals surface area contributed by atoms with Crippen LogP contribution in [0.4, 0.5) is 5.69 Å². The minimum absolute atomic E-state index is 0.0199. The highest BCUT2D eigenvalue weighted by atomic mass is 16.6. The molecule has 1 heterocycles. The lowest BCUT2D eigenvalue weighted by molar-refractivity contribution is -0.384. The number of nitro groups is 1. The summed E-state index contributed by atoms with van der Waals surface area (Å²) in [5, 5.41) is 10.8. The molecular weight excluding hydrogens is 292 g/mol. The number of nitrogens with zero attached hydrogens (tertiary/aromatic N) is 2. The second-order valence-corrected chi connectivity index (χ2v) is 5.46. The van der Waals surface area contributed by atoms with Crippen molar-refractivity contribution >= 4 is 17.7 Å². The van der Waals surface area contributed by atoms with Gasteiger partial charge in [-0.05, 0) is 29.2 Å². The highest BCUT2D eigenvalue weighted by Crippen LogP contribution is 2.19. The van der Waals surface area contributed by atoms with Gasteiger partial charge in [-0.2, -0.15) is 0 Å². The smallest absolute Gasteiger partial charge is 0.270 e. The largest absolute Gasteiger partial charge is 0.334 e. The van der Waals surface area contributed by atoms with Crippen molar-refractivity contribution in [2.24, 2.45) is 0 Å². The number of rotatable bonds is 3. The molecule has 2 aromatic carbocycles. The van der Waals surface area contributed by atoms with E-state index in [0.29, 0.717) is 18.7 Å². The van der Waals surface area contributed by atoms with Crippen LogP contribution in [0.25, 0.3) is 6.08 Å². The maximum Gasteiger partial charge on any atom is 0.270 e. The van der Waals surface area contributed by atoms with Crippen LogP contribution in [-0.2, 0) is 17.8 Å². The Morgan fingerprint density at radius 3 is 2.70 bits per heavy atom. The molecule has 0 aliphatic carbocycles. The number of hydrogen-bond donors (Lipinski definition) is 0. The molecule has 0 radical (unpaired) electrons. The maximum atomic E-state index is 12.3. The lowest BCUT2D eigenvalue weighted by atomic mass is 10.00. The van der Waals surface area contributed by atoms with Crippen LogP contribution in [0.15, 0.2) is 54.6 Å². The summed E-state index contributed by atoms with van der Waals surface area (Å²) in [5.41, 5.74) is 3.13.